The molecule has 104 valence electrons. The molecule has 4 nitrogen and oxygen atoms in total. The highest BCUT2D eigenvalue weighted by atomic mass is 79.9. The smallest absolute Gasteiger partial charge is 0.231 e. The molecule has 0 fully saturated rings. The molecule has 2 heterocycles. The summed E-state index contributed by atoms with van der Waals surface area (Å²) in [6.07, 6.45) is 1.72. The Morgan fingerprint density at radius 1 is 1.30 bits per heavy atom. The third-order valence-corrected chi connectivity index (χ3v) is 4.17. The first-order chi connectivity index (χ1) is 9.63. The number of aryl methyl sites for hydroxylation is 1. The molecule has 0 saturated heterocycles. The highest BCUT2D eigenvalue weighted by Crippen LogP contribution is 2.37. The van der Waals surface area contributed by atoms with Gasteiger partial charge < -0.3 is 14.8 Å². The zero-order valence-electron chi connectivity index (χ0n) is 10.7. The van der Waals surface area contributed by atoms with E-state index in [9.17, 15) is 0 Å². The average molecular weight is 356 g/mol. The first kappa shape index (κ1) is 13.5. The molecule has 0 spiro atoms. The molecule has 0 bridgehead atoms. The Bertz CT molecular complexity index is 664. The molecule has 0 amide bonds. The van der Waals surface area contributed by atoms with Crippen LogP contribution < -0.4 is 14.8 Å². The molecule has 1 aliphatic rings. The predicted octanol–water partition coefficient (Wildman–Crippen LogP) is 4.15. The van der Waals surface area contributed by atoms with Gasteiger partial charge in [0.2, 0.25) is 6.79 Å². The van der Waals surface area contributed by atoms with Gasteiger partial charge in [-0.1, -0.05) is 27.5 Å². The average Bonchev–Trinajstić information content (AvgIpc) is 2.87. The van der Waals surface area contributed by atoms with Crippen LogP contribution in [0.5, 0.6) is 11.5 Å². The molecule has 6 heteroatoms. The van der Waals surface area contributed by atoms with E-state index in [1.165, 1.54) is 0 Å². The first-order valence-corrected chi connectivity index (χ1v) is 7.24. The van der Waals surface area contributed by atoms with Crippen LogP contribution in [0.4, 0.5) is 5.69 Å². The summed E-state index contributed by atoms with van der Waals surface area (Å²) >= 11 is 9.45. The fourth-order valence-corrected chi connectivity index (χ4v) is 2.51. The minimum atomic E-state index is 0.277. The van der Waals surface area contributed by atoms with Crippen molar-refractivity contribution in [3.8, 4) is 11.5 Å². The summed E-state index contributed by atoms with van der Waals surface area (Å²) in [7, 11) is 0. The highest BCUT2D eigenvalue weighted by molar-refractivity contribution is 9.10. The van der Waals surface area contributed by atoms with E-state index in [4.69, 9.17) is 21.1 Å². The Morgan fingerprint density at radius 2 is 2.05 bits per heavy atom. The number of rotatable bonds is 3. The maximum absolute atomic E-state index is 5.91. The van der Waals surface area contributed by atoms with Gasteiger partial charge in [-0.05, 0) is 36.2 Å². The molecule has 1 aromatic carbocycles. The fourth-order valence-electron chi connectivity index (χ4n) is 1.95. The van der Waals surface area contributed by atoms with E-state index in [1.54, 1.807) is 6.20 Å². The molecule has 0 atom stereocenters. The van der Waals surface area contributed by atoms with Crippen LogP contribution >= 0.6 is 27.5 Å². The van der Waals surface area contributed by atoms with Crippen LogP contribution in [0.3, 0.4) is 0 Å². The Morgan fingerprint density at radius 3 is 2.80 bits per heavy atom. The number of hydrogen-bond acceptors (Lipinski definition) is 4. The third kappa shape index (κ3) is 2.69. The van der Waals surface area contributed by atoms with Crippen molar-refractivity contribution in [1.82, 2.24) is 4.98 Å². The maximum atomic E-state index is 5.91. The normalized spacial score (nSPS) is 12.6. The predicted molar refractivity (Wildman–Crippen MR) is 81.6 cm³/mol. The van der Waals surface area contributed by atoms with Crippen molar-refractivity contribution >= 4 is 33.2 Å². The second kappa shape index (κ2) is 5.50. The van der Waals surface area contributed by atoms with Crippen molar-refractivity contribution in [3.63, 3.8) is 0 Å². The van der Waals surface area contributed by atoms with Gasteiger partial charge in [0.05, 0.1) is 11.9 Å². The van der Waals surface area contributed by atoms with E-state index < -0.39 is 0 Å². The lowest BCUT2D eigenvalue weighted by Gasteiger charge is -2.10. The molecule has 3 rings (SSSR count). The van der Waals surface area contributed by atoms with E-state index in [0.717, 1.165) is 32.8 Å². The van der Waals surface area contributed by atoms with Crippen molar-refractivity contribution in [2.24, 2.45) is 0 Å². The summed E-state index contributed by atoms with van der Waals surface area (Å²) in [5.41, 5.74) is 2.96. The summed E-state index contributed by atoms with van der Waals surface area (Å²) in [4.78, 5) is 4.12. The standard InChI is InChI=1S/C14H12BrClN2O2/c1-8-2-10(6-18-14(8)16)17-5-9-3-12-13(4-11(9)15)20-7-19-12/h2-4,6,17H,5,7H2,1H3. The second-order valence-corrected chi connectivity index (χ2v) is 5.69. The third-order valence-electron chi connectivity index (χ3n) is 3.04. The minimum absolute atomic E-state index is 0.277. The van der Waals surface area contributed by atoms with Gasteiger partial charge in [0.1, 0.15) is 5.15 Å². The molecule has 1 aliphatic heterocycles. The van der Waals surface area contributed by atoms with E-state index >= 15 is 0 Å². The van der Waals surface area contributed by atoms with Gasteiger partial charge in [-0.25, -0.2) is 4.98 Å². The Balaban J connectivity index is 1.76. The van der Waals surface area contributed by atoms with Crippen LogP contribution in [0, 0.1) is 6.92 Å². The summed E-state index contributed by atoms with van der Waals surface area (Å²) in [5.74, 6) is 1.54. The zero-order valence-corrected chi connectivity index (χ0v) is 13.1. The van der Waals surface area contributed by atoms with Crippen molar-refractivity contribution in [2.75, 3.05) is 12.1 Å². The molecule has 0 aliphatic carbocycles. The largest absolute Gasteiger partial charge is 0.454 e. The van der Waals surface area contributed by atoms with E-state index in [0.29, 0.717) is 11.7 Å². The number of pyridine rings is 1. The topological polar surface area (TPSA) is 43.4 Å². The SMILES string of the molecule is Cc1cc(NCc2cc3c(cc2Br)OCO3)cnc1Cl. The van der Waals surface area contributed by atoms with E-state index in [1.807, 2.05) is 25.1 Å². The summed E-state index contributed by atoms with van der Waals surface area (Å²) in [6.45, 7) is 2.86. The molecular weight excluding hydrogens is 344 g/mol. The molecular formula is C14H12BrClN2O2. The first-order valence-electron chi connectivity index (χ1n) is 6.07. The fraction of sp³-hybridized carbons (Fsp3) is 0.214. The van der Waals surface area contributed by atoms with Gasteiger partial charge in [-0.15, -0.1) is 0 Å². The van der Waals surface area contributed by atoms with Crippen LogP contribution in [0.15, 0.2) is 28.9 Å². The minimum Gasteiger partial charge on any atom is -0.454 e. The van der Waals surface area contributed by atoms with Crippen LogP contribution in [0.25, 0.3) is 0 Å². The number of nitrogens with one attached hydrogen (secondary N) is 1. The molecule has 0 saturated carbocycles. The van der Waals surface area contributed by atoms with Gasteiger partial charge in [0, 0.05) is 11.0 Å². The Hall–Kier alpha value is -1.46. The summed E-state index contributed by atoms with van der Waals surface area (Å²) in [5, 5.41) is 3.84. The van der Waals surface area contributed by atoms with Crippen molar-refractivity contribution in [1.29, 1.82) is 0 Å². The van der Waals surface area contributed by atoms with Crippen LogP contribution in [0.2, 0.25) is 5.15 Å². The number of nitrogens with zero attached hydrogens (tertiary/aromatic N) is 1. The van der Waals surface area contributed by atoms with E-state index in [2.05, 4.69) is 26.2 Å². The zero-order chi connectivity index (χ0) is 14.1. The van der Waals surface area contributed by atoms with Gasteiger partial charge >= 0.3 is 0 Å². The monoisotopic (exact) mass is 354 g/mol. The summed E-state index contributed by atoms with van der Waals surface area (Å²) < 4.78 is 11.7. The van der Waals surface area contributed by atoms with Gasteiger partial charge in [-0.2, -0.15) is 0 Å². The molecule has 0 radical (unpaired) electrons. The Kier molecular flexibility index (Phi) is 3.72. The molecule has 1 aromatic heterocycles. The number of halogens is 2. The number of anilines is 1. The Labute approximate surface area is 130 Å². The number of ether oxygens (including phenoxy) is 2. The van der Waals surface area contributed by atoms with Crippen LogP contribution in [-0.2, 0) is 6.54 Å². The van der Waals surface area contributed by atoms with Crippen LogP contribution in [-0.4, -0.2) is 11.8 Å². The van der Waals surface area contributed by atoms with Gasteiger partial charge in [-0.3, -0.25) is 0 Å². The maximum Gasteiger partial charge on any atom is 0.231 e. The van der Waals surface area contributed by atoms with Crippen molar-refractivity contribution in [3.05, 3.63) is 45.1 Å². The van der Waals surface area contributed by atoms with Crippen LogP contribution in [0.1, 0.15) is 11.1 Å². The van der Waals surface area contributed by atoms with Crippen molar-refractivity contribution < 1.29 is 9.47 Å². The number of aromatic nitrogens is 1. The number of fused-ring (bicyclic) bond motifs is 1. The molecule has 0 unspecified atom stereocenters. The summed E-state index contributed by atoms with van der Waals surface area (Å²) in [6, 6.07) is 5.86. The molecule has 20 heavy (non-hydrogen) atoms. The quantitative estimate of drug-likeness (QED) is 0.840. The lowest BCUT2D eigenvalue weighted by Crippen LogP contribution is -2.01. The number of benzene rings is 1. The molecule has 2 aromatic rings. The second-order valence-electron chi connectivity index (χ2n) is 4.48. The van der Waals surface area contributed by atoms with E-state index in [-0.39, 0.29) is 6.79 Å². The van der Waals surface area contributed by atoms with Gasteiger partial charge in [0.25, 0.3) is 0 Å². The van der Waals surface area contributed by atoms with Crippen molar-refractivity contribution in [2.45, 2.75) is 13.5 Å². The van der Waals surface area contributed by atoms with Gasteiger partial charge in [0.15, 0.2) is 11.5 Å². The molecule has 1 N–H and O–H groups in total. The highest BCUT2D eigenvalue weighted by Gasteiger charge is 2.16. The number of hydrogen-bond donors (Lipinski definition) is 1. The lowest BCUT2D eigenvalue weighted by molar-refractivity contribution is 0.174. The lowest BCUT2D eigenvalue weighted by atomic mass is 10.2.